The predicted octanol–water partition coefficient (Wildman–Crippen LogP) is -1.23. The zero-order chi connectivity index (χ0) is 13.5. The summed E-state index contributed by atoms with van der Waals surface area (Å²) in [4.78, 5) is 22.6. The van der Waals surface area contributed by atoms with Crippen LogP contribution in [0.1, 0.15) is 6.42 Å². The fourth-order valence-corrected chi connectivity index (χ4v) is 0.974. The number of hydrogen-bond donors (Lipinski definition) is 2. The third-order valence-electron chi connectivity index (χ3n) is 2.10. The van der Waals surface area contributed by atoms with E-state index >= 15 is 0 Å². The molecule has 0 spiro atoms. The Hall–Kier alpha value is -1.44. The number of aliphatic hydroxyl groups excluding tert-OH is 2. The maximum Gasteiger partial charge on any atom is 0.334 e. The van der Waals surface area contributed by atoms with Crippen molar-refractivity contribution in [1.29, 1.82) is 0 Å². The van der Waals surface area contributed by atoms with Crippen LogP contribution in [0.5, 0.6) is 0 Å². The van der Waals surface area contributed by atoms with E-state index in [2.05, 4.69) is 11.3 Å². The minimum atomic E-state index is -1.12. The summed E-state index contributed by atoms with van der Waals surface area (Å²) in [6.45, 7) is 3.30. The number of carbonyl (C=O) groups is 2. The second kappa shape index (κ2) is 7.10. The number of carbonyl (C=O) groups excluding carboxylic acids is 2. The lowest BCUT2D eigenvalue weighted by molar-refractivity contribution is -0.149. The molecule has 2 atom stereocenters. The van der Waals surface area contributed by atoms with Gasteiger partial charge in [0.05, 0.1) is 19.6 Å². The molecule has 1 heterocycles. The Morgan fingerprint density at radius 2 is 2.11 bits per heavy atom. The molecule has 102 valence electrons. The topological polar surface area (TPSA) is 106 Å². The maximum absolute atomic E-state index is 11.3. The van der Waals surface area contributed by atoms with Crippen LogP contribution in [0.4, 0.5) is 0 Å². The minimum Gasteiger partial charge on any atom is -0.463 e. The summed E-state index contributed by atoms with van der Waals surface area (Å²) in [5, 5.41) is 17.4. The molecule has 7 heteroatoms. The molecule has 0 aliphatic carbocycles. The van der Waals surface area contributed by atoms with Crippen LogP contribution in [0.25, 0.3) is 0 Å². The quantitative estimate of drug-likeness (QED) is 0.320. The average molecular weight is 260 g/mol. The van der Waals surface area contributed by atoms with Gasteiger partial charge in [-0.3, -0.25) is 4.79 Å². The van der Waals surface area contributed by atoms with Crippen LogP contribution in [0.2, 0.25) is 0 Å². The molecule has 0 aromatic heterocycles. The Morgan fingerprint density at radius 1 is 1.44 bits per heavy atom. The Morgan fingerprint density at radius 3 is 2.67 bits per heavy atom. The van der Waals surface area contributed by atoms with E-state index in [1.54, 1.807) is 0 Å². The van der Waals surface area contributed by atoms with Gasteiger partial charge in [-0.1, -0.05) is 6.58 Å². The first-order valence-corrected chi connectivity index (χ1v) is 5.44. The summed E-state index contributed by atoms with van der Waals surface area (Å²) >= 11 is 0. The number of ether oxygens (including phenoxy) is 3. The van der Waals surface area contributed by atoms with Gasteiger partial charge in [0.1, 0.15) is 25.4 Å². The third-order valence-corrected chi connectivity index (χ3v) is 2.10. The highest BCUT2D eigenvalue weighted by Gasteiger charge is 2.25. The number of aliphatic hydroxyl groups is 2. The molecule has 0 bridgehead atoms. The summed E-state index contributed by atoms with van der Waals surface area (Å²) in [6.07, 6.45) is -1.49. The lowest BCUT2D eigenvalue weighted by Gasteiger charge is -2.09. The Bertz CT molecular complexity index is 321. The zero-order valence-electron chi connectivity index (χ0n) is 9.83. The average Bonchev–Trinajstić information content (AvgIpc) is 3.16. The van der Waals surface area contributed by atoms with Gasteiger partial charge < -0.3 is 24.4 Å². The van der Waals surface area contributed by atoms with Crippen molar-refractivity contribution in [3.63, 3.8) is 0 Å². The summed E-state index contributed by atoms with van der Waals surface area (Å²) < 4.78 is 14.3. The zero-order valence-corrected chi connectivity index (χ0v) is 9.83. The van der Waals surface area contributed by atoms with Gasteiger partial charge in [-0.2, -0.15) is 0 Å². The fraction of sp³-hybridized carbons (Fsp3) is 0.636. The summed E-state index contributed by atoms with van der Waals surface area (Å²) in [5.41, 5.74) is -0.0286. The van der Waals surface area contributed by atoms with Crippen LogP contribution in [0, 0.1) is 0 Å². The number of epoxide rings is 1. The molecule has 0 radical (unpaired) electrons. The molecule has 18 heavy (non-hydrogen) atoms. The highest BCUT2D eigenvalue weighted by Crippen LogP contribution is 2.10. The van der Waals surface area contributed by atoms with E-state index in [0.717, 1.165) is 0 Å². The third kappa shape index (κ3) is 5.76. The molecule has 1 rings (SSSR count). The van der Waals surface area contributed by atoms with Crippen molar-refractivity contribution in [1.82, 2.24) is 0 Å². The number of hydrogen-bond acceptors (Lipinski definition) is 7. The summed E-state index contributed by atoms with van der Waals surface area (Å²) in [5.74, 6) is -1.39. The minimum absolute atomic E-state index is 0.0286. The second-order valence-corrected chi connectivity index (χ2v) is 3.85. The largest absolute Gasteiger partial charge is 0.463 e. The van der Waals surface area contributed by atoms with Crippen molar-refractivity contribution in [3.05, 3.63) is 12.2 Å². The van der Waals surface area contributed by atoms with E-state index in [1.807, 2.05) is 0 Å². The normalized spacial score (nSPS) is 18.9. The Labute approximate surface area is 104 Å². The van der Waals surface area contributed by atoms with Gasteiger partial charge in [-0.05, 0) is 0 Å². The standard InChI is InChI=1S/C11H16O7/c1-7(11(15)18-6-9-5-16-9)2-10(14)17-4-8(13)3-12/h8-9,12-13H,1-6H2. The van der Waals surface area contributed by atoms with Gasteiger partial charge in [0.2, 0.25) is 0 Å². The number of esters is 2. The molecule has 7 nitrogen and oxygen atoms in total. The first-order chi connectivity index (χ1) is 8.52. The Kier molecular flexibility index (Phi) is 5.76. The SMILES string of the molecule is C=C(CC(=O)OCC(O)CO)C(=O)OCC1CO1. The molecule has 0 amide bonds. The van der Waals surface area contributed by atoms with E-state index in [9.17, 15) is 9.59 Å². The molecule has 1 aliphatic heterocycles. The van der Waals surface area contributed by atoms with E-state index in [-0.39, 0.29) is 31.3 Å². The molecule has 2 N–H and O–H groups in total. The highest BCUT2D eigenvalue weighted by molar-refractivity contribution is 5.93. The van der Waals surface area contributed by atoms with Crippen molar-refractivity contribution in [2.75, 3.05) is 26.4 Å². The second-order valence-electron chi connectivity index (χ2n) is 3.85. The van der Waals surface area contributed by atoms with Crippen LogP contribution >= 0.6 is 0 Å². The van der Waals surface area contributed by atoms with Gasteiger partial charge >= 0.3 is 11.9 Å². The van der Waals surface area contributed by atoms with Crippen molar-refractivity contribution in [2.24, 2.45) is 0 Å². The first-order valence-electron chi connectivity index (χ1n) is 5.44. The van der Waals surface area contributed by atoms with Crippen LogP contribution in [0.3, 0.4) is 0 Å². The van der Waals surface area contributed by atoms with E-state index in [4.69, 9.17) is 19.7 Å². The molecule has 2 unspecified atom stereocenters. The molecular weight excluding hydrogens is 244 g/mol. The molecule has 1 aliphatic rings. The van der Waals surface area contributed by atoms with Crippen LogP contribution < -0.4 is 0 Å². The van der Waals surface area contributed by atoms with Gasteiger partial charge in [0, 0.05) is 5.57 Å². The van der Waals surface area contributed by atoms with Crippen molar-refractivity contribution in [2.45, 2.75) is 18.6 Å². The van der Waals surface area contributed by atoms with E-state index in [0.29, 0.717) is 6.61 Å². The van der Waals surface area contributed by atoms with Crippen LogP contribution in [-0.2, 0) is 23.8 Å². The van der Waals surface area contributed by atoms with Crippen molar-refractivity contribution in [3.8, 4) is 0 Å². The van der Waals surface area contributed by atoms with Crippen LogP contribution in [-0.4, -0.2) is 60.8 Å². The highest BCUT2D eigenvalue weighted by atomic mass is 16.6. The smallest absolute Gasteiger partial charge is 0.334 e. The number of rotatable bonds is 8. The summed E-state index contributed by atoms with van der Waals surface area (Å²) in [6, 6.07) is 0. The molecule has 0 aromatic rings. The maximum atomic E-state index is 11.3. The van der Waals surface area contributed by atoms with E-state index in [1.165, 1.54) is 0 Å². The van der Waals surface area contributed by atoms with Gasteiger partial charge in [0.25, 0.3) is 0 Å². The van der Waals surface area contributed by atoms with Gasteiger partial charge in [-0.25, -0.2) is 4.79 Å². The van der Waals surface area contributed by atoms with E-state index < -0.39 is 24.6 Å². The predicted molar refractivity (Wildman–Crippen MR) is 58.5 cm³/mol. The molecule has 0 saturated carbocycles. The monoisotopic (exact) mass is 260 g/mol. The molecule has 1 saturated heterocycles. The lowest BCUT2D eigenvalue weighted by Crippen LogP contribution is -2.23. The molecule has 1 fully saturated rings. The molecular formula is C11H16O7. The first kappa shape index (κ1) is 14.6. The lowest BCUT2D eigenvalue weighted by atomic mass is 10.2. The van der Waals surface area contributed by atoms with Crippen molar-refractivity contribution < 1.29 is 34.0 Å². The van der Waals surface area contributed by atoms with Gasteiger partial charge in [0.15, 0.2) is 0 Å². The van der Waals surface area contributed by atoms with Gasteiger partial charge in [-0.15, -0.1) is 0 Å². The Balaban J connectivity index is 2.16. The molecule has 0 aromatic carbocycles. The van der Waals surface area contributed by atoms with Crippen LogP contribution in [0.15, 0.2) is 12.2 Å². The summed E-state index contributed by atoms with van der Waals surface area (Å²) in [7, 11) is 0. The van der Waals surface area contributed by atoms with Crippen molar-refractivity contribution >= 4 is 11.9 Å². The fourth-order valence-electron chi connectivity index (χ4n) is 0.974.